The number of hydrogen-bond donors (Lipinski definition) is 1. The van der Waals surface area contributed by atoms with Crippen LogP contribution in [0.1, 0.15) is 53.6 Å². The van der Waals surface area contributed by atoms with Crippen LogP contribution in [-0.4, -0.2) is 10.1 Å². The molecule has 1 aliphatic carbocycles. The summed E-state index contributed by atoms with van der Waals surface area (Å²) in [5, 5.41) is 11.3. The lowest BCUT2D eigenvalue weighted by molar-refractivity contribution is 0.0188. The predicted molar refractivity (Wildman–Crippen MR) is 85.4 cm³/mol. The van der Waals surface area contributed by atoms with Gasteiger partial charge in [0, 0.05) is 17.8 Å². The molecule has 1 N–H and O–H groups in total. The van der Waals surface area contributed by atoms with E-state index in [1.54, 1.807) is 0 Å². The molecule has 2 heteroatoms. The van der Waals surface area contributed by atoms with Gasteiger partial charge in [-0.15, -0.1) is 0 Å². The van der Waals surface area contributed by atoms with Crippen molar-refractivity contribution >= 4 is 0 Å². The smallest absolute Gasteiger partial charge is 0.0952 e. The summed E-state index contributed by atoms with van der Waals surface area (Å²) in [7, 11) is 0. The molecule has 1 aromatic carbocycles. The van der Waals surface area contributed by atoms with E-state index in [1.165, 1.54) is 16.7 Å². The molecule has 0 saturated heterocycles. The molecule has 1 aromatic heterocycles. The monoisotopic (exact) mass is 281 g/mol. The molecule has 0 aliphatic heterocycles. The van der Waals surface area contributed by atoms with Gasteiger partial charge in [0.25, 0.3) is 0 Å². The maximum absolute atomic E-state index is 11.3. The highest BCUT2D eigenvalue weighted by Gasteiger charge is 2.38. The zero-order chi connectivity index (χ0) is 15.0. The first kappa shape index (κ1) is 14.3. The minimum absolute atomic E-state index is 0.0728. The Balaban J connectivity index is 2.06. The molecule has 2 aromatic rings. The van der Waals surface area contributed by atoms with Crippen LogP contribution in [0.2, 0.25) is 0 Å². The van der Waals surface area contributed by atoms with Gasteiger partial charge in [-0.1, -0.05) is 35.4 Å². The standard InChI is InChI=1S/C19H23NO/c1-13-10-14(2)12-16(11-13)19(3,21)17-8-4-6-15-7-5-9-20-18(15)17/h5,7,9-12,17,21H,4,6,8H2,1-3H3. The summed E-state index contributed by atoms with van der Waals surface area (Å²) in [5.41, 5.74) is 4.89. The maximum Gasteiger partial charge on any atom is 0.0952 e. The number of hydrogen-bond acceptors (Lipinski definition) is 2. The van der Waals surface area contributed by atoms with Gasteiger partial charge < -0.3 is 5.11 Å². The first-order valence-electron chi connectivity index (χ1n) is 7.73. The van der Waals surface area contributed by atoms with E-state index in [4.69, 9.17) is 0 Å². The van der Waals surface area contributed by atoms with Gasteiger partial charge in [0.15, 0.2) is 0 Å². The molecule has 1 heterocycles. The average Bonchev–Trinajstić information content (AvgIpc) is 2.45. The molecule has 0 amide bonds. The fourth-order valence-electron chi connectivity index (χ4n) is 3.62. The number of aromatic nitrogens is 1. The van der Waals surface area contributed by atoms with Gasteiger partial charge in [0.2, 0.25) is 0 Å². The van der Waals surface area contributed by atoms with Crippen LogP contribution >= 0.6 is 0 Å². The van der Waals surface area contributed by atoms with Crippen LogP contribution in [0.3, 0.4) is 0 Å². The molecule has 2 unspecified atom stereocenters. The molecule has 21 heavy (non-hydrogen) atoms. The third-order valence-corrected chi connectivity index (χ3v) is 4.68. The Labute approximate surface area is 126 Å². The van der Waals surface area contributed by atoms with Crippen molar-refractivity contribution < 1.29 is 5.11 Å². The highest BCUT2D eigenvalue weighted by atomic mass is 16.3. The third-order valence-electron chi connectivity index (χ3n) is 4.68. The van der Waals surface area contributed by atoms with Crippen LogP contribution in [0.25, 0.3) is 0 Å². The lowest BCUT2D eigenvalue weighted by Gasteiger charge is -2.37. The minimum atomic E-state index is -0.875. The molecule has 2 nitrogen and oxygen atoms in total. The lowest BCUT2D eigenvalue weighted by Crippen LogP contribution is -2.33. The van der Waals surface area contributed by atoms with Crippen molar-refractivity contribution in [3.8, 4) is 0 Å². The van der Waals surface area contributed by atoms with E-state index in [0.29, 0.717) is 0 Å². The van der Waals surface area contributed by atoms with Crippen molar-refractivity contribution in [3.05, 3.63) is 64.5 Å². The van der Waals surface area contributed by atoms with E-state index in [9.17, 15) is 5.11 Å². The average molecular weight is 281 g/mol. The molecule has 2 atom stereocenters. The maximum atomic E-state index is 11.3. The molecule has 0 radical (unpaired) electrons. The molecule has 0 spiro atoms. The van der Waals surface area contributed by atoms with Gasteiger partial charge >= 0.3 is 0 Å². The summed E-state index contributed by atoms with van der Waals surface area (Å²) in [6.45, 7) is 6.11. The summed E-state index contributed by atoms with van der Waals surface area (Å²) in [4.78, 5) is 4.58. The number of rotatable bonds is 2. The Morgan fingerprint density at radius 2 is 1.90 bits per heavy atom. The predicted octanol–water partition coefficient (Wildman–Crippen LogP) is 4.03. The van der Waals surface area contributed by atoms with Gasteiger partial charge in [-0.2, -0.15) is 0 Å². The normalized spacial score (nSPS) is 20.7. The van der Waals surface area contributed by atoms with E-state index >= 15 is 0 Å². The fourth-order valence-corrected chi connectivity index (χ4v) is 3.62. The van der Waals surface area contributed by atoms with Crippen LogP contribution in [0.15, 0.2) is 36.5 Å². The van der Waals surface area contributed by atoms with Gasteiger partial charge in [-0.25, -0.2) is 0 Å². The van der Waals surface area contributed by atoms with Crippen molar-refractivity contribution in [2.24, 2.45) is 0 Å². The van der Waals surface area contributed by atoms with Crippen molar-refractivity contribution in [2.45, 2.75) is 51.6 Å². The molecule has 0 fully saturated rings. The second-order valence-corrected chi connectivity index (χ2v) is 6.52. The van der Waals surface area contributed by atoms with Crippen LogP contribution in [0.4, 0.5) is 0 Å². The van der Waals surface area contributed by atoms with E-state index in [-0.39, 0.29) is 5.92 Å². The number of nitrogens with zero attached hydrogens (tertiary/aromatic N) is 1. The quantitative estimate of drug-likeness (QED) is 0.901. The number of pyridine rings is 1. The number of aryl methyl sites for hydroxylation is 3. The summed E-state index contributed by atoms with van der Waals surface area (Å²) in [6, 6.07) is 10.5. The van der Waals surface area contributed by atoms with Crippen molar-refractivity contribution in [2.75, 3.05) is 0 Å². The Bertz CT molecular complexity index is 640. The second-order valence-electron chi connectivity index (χ2n) is 6.52. The zero-order valence-electron chi connectivity index (χ0n) is 13.1. The van der Waals surface area contributed by atoms with Crippen molar-refractivity contribution in [3.63, 3.8) is 0 Å². The van der Waals surface area contributed by atoms with E-state index < -0.39 is 5.60 Å². The molecule has 110 valence electrons. The Kier molecular flexibility index (Phi) is 3.58. The fraction of sp³-hybridized carbons (Fsp3) is 0.421. The van der Waals surface area contributed by atoms with Gasteiger partial charge in [-0.3, -0.25) is 4.98 Å². The summed E-state index contributed by atoms with van der Waals surface area (Å²) in [5.74, 6) is 0.0728. The van der Waals surface area contributed by atoms with Crippen LogP contribution in [-0.2, 0) is 12.0 Å². The van der Waals surface area contributed by atoms with Gasteiger partial charge in [-0.05, 0) is 57.2 Å². The number of benzene rings is 1. The van der Waals surface area contributed by atoms with Crippen molar-refractivity contribution in [1.82, 2.24) is 4.98 Å². The molecule has 0 saturated carbocycles. The molecule has 1 aliphatic rings. The summed E-state index contributed by atoms with van der Waals surface area (Å²) >= 11 is 0. The molecular formula is C19H23NO. The number of aliphatic hydroxyl groups is 1. The topological polar surface area (TPSA) is 33.1 Å². The Morgan fingerprint density at radius 1 is 1.19 bits per heavy atom. The highest BCUT2D eigenvalue weighted by molar-refractivity contribution is 5.37. The summed E-state index contributed by atoms with van der Waals surface area (Å²) in [6.07, 6.45) is 5.02. The van der Waals surface area contributed by atoms with Gasteiger partial charge in [0.1, 0.15) is 0 Å². The molecule has 0 bridgehead atoms. The van der Waals surface area contributed by atoms with Crippen molar-refractivity contribution in [1.29, 1.82) is 0 Å². The lowest BCUT2D eigenvalue weighted by atomic mass is 9.73. The van der Waals surface area contributed by atoms with E-state index in [0.717, 1.165) is 30.5 Å². The highest BCUT2D eigenvalue weighted by Crippen LogP contribution is 2.43. The van der Waals surface area contributed by atoms with Gasteiger partial charge in [0.05, 0.1) is 5.60 Å². The third kappa shape index (κ3) is 2.60. The summed E-state index contributed by atoms with van der Waals surface area (Å²) < 4.78 is 0. The Morgan fingerprint density at radius 3 is 2.62 bits per heavy atom. The molecule has 3 rings (SSSR count). The van der Waals surface area contributed by atoms with Crippen LogP contribution in [0.5, 0.6) is 0 Å². The van der Waals surface area contributed by atoms with E-state index in [1.807, 2.05) is 19.2 Å². The Hall–Kier alpha value is -1.67. The largest absolute Gasteiger partial charge is 0.385 e. The van der Waals surface area contributed by atoms with Crippen LogP contribution in [0, 0.1) is 13.8 Å². The first-order chi connectivity index (χ1) is 9.98. The number of fused-ring (bicyclic) bond motifs is 1. The van der Waals surface area contributed by atoms with E-state index in [2.05, 4.69) is 43.1 Å². The molecular weight excluding hydrogens is 258 g/mol. The minimum Gasteiger partial charge on any atom is -0.385 e. The zero-order valence-corrected chi connectivity index (χ0v) is 13.1. The SMILES string of the molecule is Cc1cc(C)cc(C(C)(O)C2CCCc3cccnc32)c1. The first-order valence-corrected chi connectivity index (χ1v) is 7.73. The van der Waals surface area contributed by atoms with Crippen LogP contribution < -0.4 is 0 Å². The second kappa shape index (κ2) is 5.27.